The molecule has 4 rings (SSSR count). The highest BCUT2D eigenvalue weighted by Gasteiger charge is 2.16. The highest BCUT2D eigenvalue weighted by atomic mass is 16.5. The maximum absolute atomic E-state index is 12.1. The number of carbonyl (C=O) groups excluding carboxylic acids is 1. The minimum Gasteiger partial charge on any atom is -0.352 e. The molecule has 1 aliphatic rings. The number of aryl methyl sites for hydroxylation is 2. The van der Waals surface area contributed by atoms with Crippen LogP contribution in [0.1, 0.15) is 48.2 Å². The Bertz CT molecular complexity index is 983. The van der Waals surface area contributed by atoms with Gasteiger partial charge in [0.05, 0.1) is 0 Å². The van der Waals surface area contributed by atoms with Gasteiger partial charge in [-0.1, -0.05) is 42.4 Å². The number of benzene rings is 1. The number of amides is 1. The van der Waals surface area contributed by atoms with Gasteiger partial charge < -0.3 is 14.7 Å². The van der Waals surface area contributed by atoms with Crippen LogP contribution in [0.25, 0.3) is 0 Å². The van der Waals surface area contributed by atoms with Crippen LogP contribution in [0.2, 0.25) is 0 Å². The number of pyridine rings is 1. The molecule has 7 nitrogen and oxygen atoms in total. The largest absolute Gasteiger partial charge is 0.352 e. The maximum Gasteiger partial charge on any atom is 0.226 e. The third kappa shape index (κ3) is 5.03. The average Bonchev–Trinajstić information content (AvgIpc) is 3.26. The lowest BCUT2D eigenvalue weighted by molar-refractivity contribution is -0.121. The van der Waals surface area contributed by atoms with Gasteiger partial charge in [0, 0.05) is 45.1 Å². The van der Waals surface area contributed by atoms with Crippen molar-refractivity contribution in [3.05, 3.63) is 71.0 Å². The molecule has 0 unspecified atom stereocenters. The Morgan fingerprint density at radius 1 is 1.20 bits per heavy atom. The molecule has 0 atom stereocenters. The summed E-state index contributed by atoms with van der Waals surface area (Å²) in [6.07, 6.45) is 5.38. The Morgan fingerprint density at radius 2 is 2.07 bits per heavy atom. The van der Waals surface area contributed by atoms with E-state index < -0.39 is 0 Å². The first kappa shape index (κ1) is 20.1. The molecule has 7 heteroatoms. The Balaban J connectivity index is 1.21. The van der Waals surface area contributed by atoms with Crippen LogP contribution in [0.3, 0.4) is 0 Å². The maximum atomic E-state index is 12.1. The van der Waals surface area contributed by atoms with Crippen molar-refractivity contribution in [2.75, 3.05) is 11.4 Å². The van der Waals surface area contributed by atoms with E-state index in [1.165, 1.54) is 11.1 Å². The van der Waals surface area contributed by atoms with E-state index >= 15 is 0 Å². The summed E-state index contributed by atoms with van der Waals surface area (Å²) < 4.78 is 5.14. The normalized spacial score (nSPS) is 13.2. The topological polar surface area (TPSA) is 84.2 Å². The molecule has 156 valence electrons. The lowest BCUT2D eigenvalue weighted by Crippen LogP contribution is -2.31. The van der Waals surface area contributed by atoms with Gasteiger partial charge in [-0.15, -0.1) is 0 Å². The molecule has 3 heterocycles. The highest BCUT2D eigenvalue weighted by molar-refractivity contribution is 5.75. The Labute approximate surface area is 176 Å². The van der Waals surface area contributed by atoms with Crippen molar-refractivity contribution >= 4 is 11.7 Å². The first-order valence-electron chi connectivity index (χ1n) is 10.6. The third-order valence-electron chi connectivity index (χ3n) is 5.37. The summed E-state index contributed by atoms with van der Waals surface area (Å²) in [7, 11) is 0. The predicted molar refractivity (Wildman–Crippen MR) is 114 cm³/mol. The molecule has 0 radical (unpaired) electrons. The molecule has 1 aliphatic heterocycles. The number of nitrogens with zero attached hydrogens (tertiary/aromatic N) is 4. The molecule has 0 bridgehead atoms. The zero-order valence-electron chi connectivity index (χ0n) is 17.3. The van der Waals surface area contributed by atoms with E-state index in [0.717, 1.165) is 37.3 Å². The van der Waals surface area contributed by atoms with Gasteiger partial charge >= 0.3 is 0 Å². The molecule has 30 heavy (non-hydrogen) atoms. The SMILES string of the molecule is CCc1noc(CCCC(=O)NCc2ccc(N3CCc4ccccc4C3)nc2)n1. The lowest BCUT2D eigenvalue weighted by Gasteiger charge is -2.29. The second-order valence-electron chi connectivity index (χ2n) is 7.55. The van der Waals surface area contributed by atoms with Crippen LogP contribution in [0.15, 0.2) is 47.1 Å². The summed E-state index contributed by atoms with van der Waals surface area (Å²) in [6.45, 7) is 4.32. The Kier molecular flexibility index (Phi) is 6.37. The predicted octanol–water partition coefficient (Wildman–Crippen LogP) is 3.23. The zero-order valence-corrected chi connectivity index (χ0v) is 17.3. The highest BCUT2D eigenvalue weighted by Crippen LogP contribution is 2.22. The molecule has 1 aromatic carbocycles. The molecule has 1 N–H and O–H groups in total. The number of nitrogens with one attached hydrogen (secondary N) is 1. The van der Waals surface area contributed by atoms with Gasteiger partial charge in [0.25, 0.3) is 0 Å². The van der Waals surface area contributed by atoms with E-state index in [9.17, 15) is 4.79 Å². The first-order chi connectivity index (χ1) is 14.7. The van der Waals surface area contributed by atoms with Crippen molar-refractivity contribution in [2.45, 2.75) is 52.1 Å². The molecule has 0 aliphatic carbocycles. The molecule has 1 amide bonds. The molecule has 3 aromatic rings. The van der Waals surface area contributed by atoms with Gasteiger partial charge in [-0.3, -0.25) is 4.79 Å². The molecule has 0 saturated carbocycles. The van der Waals surface area contributed by atoms with Crippen molar-refractivity contribution in [3.8, 4) is 0 Å². The van der Waals surface area contributed by atoms with Gasteiger partial charge in [-0.05, 0) is 35.6 Å². The van der Waals surface area contributed by atoms with E-state index in [0.29, 0.717) is 37.5 Å². The minimum atomic E-state index is 0.0157. The van der Waals surface area contributed by atoms with Gasteiger partial charge in [-0.25, -0.2) is 4.98 Å². The first-order valence-corrected chi connectivity index (χ1v) is 10.6. The average molecular weight is 406 g/mol. The van der Waals surface area contributed by atoms with Crippen LogP contribution in [-0.2, 0) is 37.1 Å². The van der Waals surface area contributed by atoms with Crippen molar-refractivity contribution in [1.82, 2.24) is 20.4 Å². The summed E-state index contributed by atoms with van der Waals surface area (Å²) >= 11 is 0. The fourth-order valence-corrected chi connectivity index (χ4v) is 3.62. The number of hydrogen-bond donors (Lipinski definition) is 1. The van der Waals surface area contributed by atoms with Gasteiger partial charge in [-0.2, -0.15) is 4.98 Å². The Hall–Kier alpha value is -3.22. The number of aromatic nitrogens is 3. The number of rotatable bonds is 8. The fraction of sp³-hybridized carbons (Fsp3) is 0.391. The smallest absolute Gasteiger partial charge is 0.226 e. The van der Waals surface area contributed by atoms with E-state index in [-0.39, 0.29) is 5.91 Å². The number of anilines is 1. The van der Waals surface area contributed by atoms with Crippen LogP contribution in [-0.4, -0.2) is 27.6 Å². The molecule has 0 spiro atoms. The van der Waals surface area contributed by atoms with E-state index in [4.69, 9.17) is 4.52 Å². The lowest BCUT2D eigenvalue weighted by atomic mass is 10.00. The summed E-state index contributed by atoms with van der Waals surface area (Å²) in [5, 5.41) is 6.82. The van der Waals surface area contributed by atoms with Crippen LogP contribution < -0.4 is 10.2 Å². The van der Waals surface area contributed by atoms with Crippen molar-refractivity contribution in [3.63, 3.8) is 0 Å². The van der Waals surface area contributed by atoms with E-state index in [2.05, 4.69) is 49.6 Å². The van der Waals surface area contributed by atoms with E-state index in [1.54, 1.807) is 0 Å². The fourth-order valence-electron chi connectivity index (χ4n) is 3.62. The van der Waals surface area contributed by atoms with Crippen LogP contribution in [0, 0.1) is 0 Å². The van der Waals surface area contributed by atoms with Crippen molar-refractivity contribution in [2.24, 2.45) is 0 Å². The quantitative estimate of drug-likeness (QED) is 0.619. The molecular weight excluding hydrogens is 378 g/mol. The van der Waals surface area contributed by atoms with Crippen molar-refractivity contribution in [1.29, 1.82) is 0 Å². The van der Waals surface area contributed by atoms with Gasteiger partial charge in [0.1, 0.15) is 5.82 Å². The molecule has 0 saturated heterocycles. The molecule has 0 fully saturated rings. The number of fused-ring (bicyclic) bond motifs is 1. The zero-order chi connectivity index (χ0) is 20.8. The van der Waals surface area contributed by atoms with Crippen LogP contribution in [0.5, 0.6) is 0 Å². The third-order valence-corrected chi connectivity index (χ3v) is 5.37. The summed E-state index contributed by atoms with van der Waals surface area (Å²) in [5.41, 5.74) is 3.79. The van der Waals surface area contributed by atoms with Crippen LogP contribution in [0.4, 0.5) is 5.82 Å². The van der Waals surface area contributed by atoms with Gasteiger partial charge in [0.15, 0.2) is 5.82 Å². The van der Waals surface area contributed by atoms with Crippen molar-refractivity contribution < 1.29 is 9.32 Å². The van der Waals surface area contributed by atoms with Gasteiger partial charge in [0.2, 0.25) is 11.8 Å². The summed E-state index contributed by atoms with van der Waals surface area (Å²) in [6, 6.07) is 12.7. The molecule has 2 aromatic heterocycles. The second-order valence-corrected chi connectivity index (χ2v) is 7.55. The summed E-state index contributed by atoms with van der Waals surface area (Å²) in [4.78, 5) is 23.3. The monoisotopic (exact) mass is 405 g/mol. The van der Waals surface area contributed by atoms with E-state index in [1.807, 2.05) is 25.3 Å². The standard InChI is InChI=1S/C23H27N5O2/c1-2-20-26-23(30-27-20)9-5-8-22(29)25-15-17-10-11-21(24-14-17)28-13-12-18-6-3-4-7-19(18)16-28/h3-4,6-7,10-11,14H,2,5,8-9,12-13,15-16H2,1H3,(H,25,29). The number of carbonyl (C=O) groups is 1. The summed E-state index contributed by atoms with van der Waals surface area (Å²) in [5.74, 6) is 2.30. The second kappa shape index (κ2) is 9.52. The Morgan fingerprint density at radius 3 is 2.83 bits per heavy atom. The number of hydrogen-bond acceptors (Lipinski definition) is 6. The minimum absolute atomic E-state index is 0.0157. The molecular formula is C23H27N5O2. The van der Waals surface area contributed by atoms with Crippen LogP contribution >= 0.6 is 0 Å².